The number of nitrogens with zero attached hydrogens (tertiary/aromatic N) is 2. The smallest absolute Gasteiger partial charge is 0.332 e. The molecule has 3 aromatic rings. The molecule has 0 atom stereocenters. The monoisotopic (exact) mass is 399 g/mol. The SMILES string of the molecule is Cn1c(N)c(C(=O)COc2ccc(-c3ccccc3)cc2Cl)c(=O)n(C)c1=O. The number of carbonyl (C=O) groups excluding carboxylic acids is 1. The maximum absolute atomic E-state index is 12.5. The van der Waals surface area contributed by atoms with Crippen LogP contribution in [0.2, 0.25) is 5.02 Å². The highest BCUT2D eigenvalue weighted by Gasteiger charge is 2.21. The predicted octanol–water partition coefficient (Wildman–Crippen LogP) is 2.25. The second-order valence-corrected chi connectivity index (χ2v) is 6.60. The quantitative estimate of drug-likeness (QED) is 0.664. The predicted molar refractivity (Wildman–Crippen MR) is 108 cm³/mol. The van der Waals surface area contributed by atoms with Crippen LogP contribution in [0, 0.1) is 0 Å². The Balaban J connectivity index is 1.83. The Hall–Kier alpha value is -3.32. The van der Waals surface area contributed by atoms with Crippen molar-refractivity contribution in [1.29, 1.82) is 0 Å². The van der Waals surface area contributed by atoms with Gasteiger partial charge in [-0.2, -0.15) is 0 Å². The van der Waals surface area contributed by atoms with Crippen LogP contribution in [0.5, 0.6) is 5.75 Å². The number of nitrogens with two attached hydrogens (primary N) is 1. The van der Waals surface area contributed by atoms with E-state index >= 15 is 0 Å². The van der Waals surface area contributed by atoms with E-state index in [2.05, 4.69) is 0 Å². The molecule has 0 amide bonds. The molecule has 0 unspecified atom stereocenters. The summed E-state index contributed by atoms with van der Waals surface area (Å²) in [4.78, 5) is 36.6. The van der Waals surface area contributed by atoms with Gasteiger partial charge >= 0.3 is 5.69 Å². The number of rotatable bonds is 5. The van der Waals surface area contributed by atoms with Crippen LogP contribution < -0.4 is 21.7 Å². The van der Waals surface area contributed by atoms with Gasteiger partial charge in [-0.15, -0.1) is 0 Å². The van der Waals surface area contributed by atoms with Crippen LogP contribution in [-0.4, -0.2) is 21.5 Å². The molecule has 0 bridgehead atoms. The molecule has 1 heterocycles. The number of anilines is 1. The highest BCUT2D eigenvalue weighted by molar-refractivity contribution is 6.32. The lowest BCUT2D eigenvalue weighted by Crippen LogP contribution is -2.42. The third-order valence-corrected chi connectivity index (χ3v) is 4.68. The Morgan fingerprint density at radius 2 is 1.71 bits per heavy atom. The summed E-state index contributed by atoms with van der Waals surface area (Å²) < 4.78 is 7.35. The first kappa shape index (κ1) is 19.4. The molecule has 7 nitrogen and oxygen atoms in total. The molecule has 0 radical (unpaired) electrons. The van der Waals surface area contributed by atoms with Crippen LogP contribution in [0.3, 0.4) is 0 Å². The molecule has 0 aliphatic rings. The number of ether oxygens (including phenoxy) is 1. The Kier molecular flexibility index (Phi) is 5.37. The van der Waals surface area contributed by atoms with Gasteiger partial charge in [0.25, 0.3) is 5.56 Å². The Morgan fingerprint density at radius 3 is 2.36 bits per heavy atom. The van der Waals surface area contributed by atoms with Crippen molar-refractivity contribution >= 4 is 23.2 Å². The molecule has 2 aromatic carbocycles. The summed E-state index contributed by atoms with van der Waals surface area (Å²) in [6.07, 6.45) is 0. The van der Waals surface area contributed by atoms with Crippen molar-refractivity contribution in [2.75, 3.05) is 12.3 Å². The van der Waals surface area contributed by atoms with Gasteiger partial charge in [0.15, 0.2) is 6.61 Å². The van der Waals surface area contributed by atoms with Crippen LogP contribution in [0.15, 0.2) is 58.1 Å². The van der Waals surface area contributed by atoms with Crippen LogP contribution >= 0.6 is 11.6 Å². The number of nitrogen functional groups attached to an aromatic ring is 1. The van der Waals surface area contributed by atoms with Crippen LogP contribution in [0.25, 0.3) is 11.1 Å². The first-order valence-electron chi connectivity index (χ1n) is 8.37. The van der Waals surface area contributed by atoms with Gasteiger partial charge in [-0.1, -0.05) is 48.0 Å². The lowest BCUT2D eigenvalue weighted by Gasteiger charge is -2.12. The number of benzene rings is 2. The van der Waals surface area contributed by atoms with Crippen LogP contribution in [-0.2, 0) is 14.1 Å². The summed E-state index contributed by atoms with van der Waals surface area (Å²) in [5, 5.41) is 0.329. The van der Waals surface area contributed by atoms with Crippen molar-refractivity contribution in [3.63, 3.8) is 0 Å². The fraction of sp³-hybridized carbons (Fsp3) is 0.150. The molecule has 0 spiro atoms. The molecule has 0 aliphatic carbocycles. The molecule has 0 saturated carbocycles. The van der Waals surface area contributed by atoms with E-state index in [1.165, 1.54) is 14.1 Å². The lowest BCUT2D eigenvalue weighted by molar-refractivity contribution is 0.0919. The molecule has 28 heavy (non-hydrogen) atoms. The van der Waals surface area contributed by atoms with E-state index in [9.17, 15) is 14.4 Å². The van der Waals surface area contributed by atoms with Crippen molar-refractivity contribution in [2.45, 2.75) is 0 Å². The van der Waals surface area contributed by atoms with E-state index < -0.39 is 23.6 Å². The van der Waals surface area contributed by atoms with E-state index in [0.29, 0.717) is 10.8 Å². The topological polar surface area (TPSA) is 96.3 Å². The third-order valence-electron chi connectivity index (χ3n) is 4.39. The number of Topliss-reactive ketones (excluding diaryl/α,β-unsaturated/α-hetero) is 1. The molecule has 1 aromatic heterocycles. The fourth-order valence-corrected chi connectivity index (χ4v) is 3.00. The zero-order valence-corrected chi connectivity index (χ0v) is 16.1. The molecule has 2 N–H and O–H groups in total. The Bertz CT molecular complexity index is 1170. The summed E-state index contributed by atoms with van der Waals surface area (Å²) in [5.74, 6) is -0.543. The average Bonchev–Trinajstić information content (AvgIpc) is 2.70. The van der Waals surface area contributed by atoms with Gasteiger partial charge in [0.1, 0.15) is 17.1 Å². The Morgan fingerprint density at radius 1 is 1.04 bits per heavy atom. The van der Waals surface area contributed by atoms with E-state index in [-0.39, 0.29) is 11.4 Å². The minimum Gasteiger partial charge on any atom is -0.484 e. The number of carbonyl (C=O) groups is 1. The van der Waals surface area contributed by atoms with Gasteiger partial charge < -0.3 is 10.5 Å². The van der Waals surface area contributed by atoms with Gasteiger partial charge in [-0.3, -0.25) is 18.7 Å². The zero-order chi connectivity index (χ0) is 20.4. The largest absolute Gasteiger partial charge is 0.484 e. The van der Waals surface area contributed by atoms with E-state index in [4.69, 9.17) is 22.1 Å². The molecular formula is C20H18ClN3O4. The summed E-state index contributed by atoms with van der Waals surface area (Å²) in [7, 11) is 2.66. The molecule has 0 saturated heterocycles. The van der Waals surface area contributed by atoms with Gasteiger partial charge in [-0.05, 0) is 23.3 Å². The second-order valence-electron chi connectivity index (χ2n) is 6.19. The normalized spacial score (nSPS) is 10.7. The van der Waals surface area contributed by atoms with E-state index in [0.717, 1.165) is 20.3 Å². The van der Waals surface area contributed by atoms with E-state index in [1.54, 1.807) is 12.1 Å². The number of aromatic nitrogens is 2. The maximum Gasteiger partial charge on any atom is 0.332 e. The molecule has 3 rings (SSSR count). The Labute approximate surface area is 165 Å². The molecular weight excluding hydrogens is 382 g/mol. The van der Waals surface area contributed by atoms with Crippen molar-refractivity contribution in [2.24, 2.45) is 14.1 Å². The van der Waals surface area contributed by atoms with E-state index in [1.807, 2.05) is 36.4 Å². The van der Waals surface area contributed by atoms with Crippen LogP contribution in [0.1, 0.15) is 10.4 Å². The van der Waals surface area contributed by atoms with Gasteiger partial charge in [0.05, 0.1) is 5.02 Å². The molecule has 0 fully saturated rings. The van der Waals surface area contributed by atoms with Gasteiger partial charge in [0.2, 0.25) is 5.78 Å². The zero-order valence-electron chi connectivity index (χ0n) is 15.3. The minimum absolute atomic E-state index is 0.202. The number of halogens is 1. The van der Waals surface area contributed by atoms with Crippen molar-refractivity contribution in [3.05, 3.63) is 80.0 Å². The third kappa shape index (κ3) is 3.57. The first-order valence-corrected chi connectivity index (χ1v) is 8.75. The number of hydrogen-bond acceptors (Lipinski definition) is 5. The van der Waals surface area contributed by atoms with Gasteiger partial charge in [0, 0.05) is 14.1 Å². The molecule has 0 aliphatic heterocycles. The summed E-state index contributed by atoms with van der Waals surface area (Å²) in [6, 6.07) is 14.9. The second kappa shape index (κ2) is 7.74. The first-order chi connectivity index (χ1) is 13.3. The van der Waals surface area contributed by atoms with Crippen molar-refractivity contribution in [3.8, 4) is 16.9 Å². The highest BCUT2D eigenvalue weighted by Crippen LogP contribution is 2.30. The lowest BCUT2D eigenvalue weighted by atomic mass is 10.1. The van der Waals surface area contributed by atoms with Crippen LogP contribution in [0.4, 0.5) is 5.82 Å². The minimum atomic E-state index is -0.764. The van der Waals surface area contributed by atoms with Crippen molar-refractivity contribution < 1.29 is 9.53 Å². The summed E-state index contributed by atoms with van der Waals surface area (Å²) >= 11 is 6.27. The molecule has 8 heteroatoms. The standard InChI is InChI=1S/C20H18ClN3O4/c1-23-18(22)17(19(26)24(2)20(23)27)15(25)11-28-16-9-8-13(10-14(16)21)12-6-4-3-5-7-12/h3-10H,11,22H2,1-2H3. The maximum atomic E-state index is 12.5. The highest BCUT2D eigenvalue weighted by atomic mass is 35.5. The summed E-state index contributed by atoms with van der Waals surface area (Å²) in [6.45, 7) is -0.442. The number of hydrogen-bond donors (Lipinski definition) is 1. The molecule has 144 valence electrons. The number of ketones is 1. The fourth-order valence-electron chi connectivity index (χ4n) is 2.77. The average molecular weight is 400 g/mol. The summed E-state index contributed by atoms with van der Waals surface area (Å²) in [5.41, 5.74) is 6.02. The van der Waals surface area contributed by atoms with Gasteiger partial charge in [-0.25, -0.2) is 4.79 Å². The van der Waals surface area contributed by atoms with Crippen molar-refractivity contribution in [1.82, 2.24) is 9.13 Å².